The van der Waals surface area contributed by atoms with Gasteiger partial charge in [-0.15, -0.1) is 0 Å². The van der Waals surface area contributed by atoms with Crippen molar-refractivity contribution in [2.75, 3.05) is 78.4 Å². The number of benzene rings is 2. The lowest BCUT2D eigenvalue weighted by atomic mass is 9.98. The topological polar surface area (TPSA) is 152 Å². The van der Waals surface area contributed by atoms with E-state index >= 15 is 0 Å². The maximum Gasteiger partial charge on any atom is 0.409 e. The van der Waals surface area contributed by atoms with Crippen LogP contribution in [0.2, 0.25) is 0 Å². The van der Waals surface area contributed by atoms with E-state index in [2.05, 4.69) is 52.9 Å². The van der Waals surface area contributed by atoms with Gasteiger partial charge in [0, 0.05) is 89.0 Å². The van der Waals surface area contributed by atoms with Crippen molar-refractivity contribution in [2.24, 2.45) is 5.92 Å². The third-order valence-corrected chi connectivity index (χ3v) is 12.5. The minimum Gasteiger partial charge on any atom is -0.506 e. The number of hydrogen-bond donors (Lipinski definition) is 2. The Morgan fingerprint density at radius 2 is 1.41 bits per heavy atom. The molecule has 2 aromatic rings. The molecule has 4 aliphatic rings. The van der Waals surface area contributed by atoms with Crippen molar-refractivity contribution in [2.45, 2.75) is 70.4 Å². The van der Waals surface area contributed by atoms with Crippen LogP contribution in [-0.2, 0) is 36.7 Å². The Morgan fingerprint density at radius 1 is 0.804 bits per heavy atom. The predicted molar refractivity (Wildman–Crippen MR) is 218 cm³/mol. The van der Waals surface area contributed by atoms with E-state index in [0.717, 1.165) is 56.4 Å². The van der Waals surface area contributed by atoms with Crippen LogP contribution in [0, 0.1) is 5.92 Å². The van der Waals surface area contributed by atoms with Gasteiger partial charge in [-0.25, -0.2) is 9.59 Å². The molecule has 2 aromatic carbocycles. The Kier molecular flexibility index (Phi) is 15.8. The third-order valence-electron chi connectivity index (χ3n) is 11.3. The van der Waals surface area contributed by atoms with Gasteiger partial charge in [0.25, 0.3) is 0 Å². The zero-order valence-electron chi connectivity index (χ0n) is 32.5. The molecule has 14 nitrogen and oxygen atoms in total. The number of likely N-dealkylation sites (tertiary alicyclic amines) is 2. The summed E-state index contributed by atoms with van der Waals surface area (Å²) in [7, 11) is 2.73. The van der Waals surface area contributed by atoms with Crippen molar-refractivity contribution in [3.63, 3.8) is 0 Å². The molecule has 0 spiro atoms. The number of carbonyl (C=O) groups excluding carboxylic acids is 5. The molecule has 0 aromatic heterocycles. The summed E-state index contributed by atoms with van der Waals surface area (Å²) in [6.07, 6.45) is 4.92. The monoisotopic (exact) mass is 904 g/mol. The zero-order chi connectivity index (χ0) is 40.4. The van der Waals surface area contributed by atoms with Crippen molar-refractivity contribution < 1.29 is 38.6 Å². The number of halogens is 2. The van der Waals surface area contributed by atoms with E-state index < -0.39 is 0 Å². The molecule has 4 aliphatic heterocycles. The second kappa shape index (κ2) is 20.5. The summed E-state index contributed by atoms with van der Waals surface area (Å²) in [6.45, 7) is 8.46. The molecular formula is C40H54Br2N6O8. The quantitative estimate of drug-likeness (QED) is 0.328. The standard InChI is InChI=1S/C24H33Br2N3O5.C16H21N3O3/c1-16(13-17-14-19(25)23(32)20(26)15-17)24(33)29-11-9-27(10-12-29)18-5-7-28(8-6-18)21(30)3-4-22(31)34-2;1-22-16(21)18-9-7-13(8-10-18)19-11-6-12-4-2-3-5-14(12)17-15(19)20/h14-16,18,32H,3-13H2,1-2H3;2-5,13H,6-11H2,1H3,(H,17,20)/t16-;/m1./s1. The molecule has 0 unspecified atom stereocenters. The maximum atomic E-state index is 13.0. The van der Waals surface area contributed by atoms with Crippen LogP contribution in [0.1, 0.15) is 56.6 Å². The van der Waals surface area contributed by atoms with Crippen molar-refractivity contribution in [3.05, 3.63) is 56.5 Å². The first-order chi connectivity index (χ1) is 26.9. The van der Waals surface area contributed by atoms with Crippen molar-refractivity contribution >= 4 is 67.5 Å². The van der Waals surface area contributed by atoms with Crippen LogP contribution >= 0.6 is 31.9 Å². The first-order valence-electron chi connectivity index (χ1n) is 19.4. The van der Waals surface area contributed by atoms with Gasteiger partial charge in [-0.05, 0) is 99.7 Å². The molecule has 3 saturated heterocycles. The summed E-state index contributed by atoms with van der Waals surface area (Å²) in [5, 5.41) is 12.9. The van der Waals surface area contributed by atoms with Gasteiger partial charge in [0.2, 0.25) is 11.8 Å². The SMILES string of the molecule is COC(=O)CCC(=O)N1CCC(N2CCN(C(=O)[C@H](C)Cc3cc(Br)c(O)c(Br)c3)CC2)CC1.COC(=O)N1CCC(N2CCc3ccccc3NC2=O)CC1. The molecule has 3 fully saturated rings. The van der Waals surface area contributed by atoms with E-state index in [0.29, 0.717) is 67.2 Å². The molecule has 6 rings (SSSR count). The number of phenols is 1. The lowest BCUT2D eigenvalue weighted by molar-refractivity contribution is -0.144. The second-order valence-corrected chi connectivity index (χ2v) is 16.5. The highest BCUT2D eigenvalue weighted by molar-refractivity contribution is 9.11. The first kappa shape index (κ1) is 43.2. The number of rotatable bonds is 8. The first-order valence-corrected chi connectivity index (χ1v) is 21.0. The maximum absolute atomic E-state index is 13.0. The Labute approximate surface area is 346 Å². The molecule has 0 bridgehead atoms. The fourth-order valence-corrected chi connectivity index (χ4v) is 9.25. The molecule has 5 amide bonds. The number of piperidine rings is 2. The van der Waals surface area contributed by atoms with Crippen LogP contribution in [0.4, 0.5) is 15.3 Å². The Balaban J connectivity index is 0.000000234. The van der Waals surface area contributed by atoms with E-state index in [1.165, 1.54) is 19.8 Å². The average Bonchev–Trinajstić information content (AvgIpc) is 3.39. The molecular weight excluding hydrogens is 852 g/mol. The summed E-state index contributed by atoms with van der Waals surface area (Å²) in [6, 6.07) is 12.2. The minimum atomic E-state index is -0.353. The number of anilines is 1. The number of phenolic OH excluding ortho intramolecular Hbond substituents is 1. The van der Waals surface area contributed by atoms with Crippen LogP contribution in [0.15, 0.2) is 45.3 Å². The number of piperazine rings is 1. The highest BCUT2D eigenvalue weighted by Gasteiger charge is 2.33. The highest BCUT2D eigenvalue weighted by Crippen LogP contribution is 2.34. The lowest BCUT2D eigenvalue weighted by Crippen LogP contribution is -2.55. The third kappa shape index (κ3) is 11.4. The number of hydrogen-bond acceptors (Lipinski definition) is 9. The lowest BCUT2D eigenvalue weighted by Gasteiger charge is -2.43. The molecule has 4 heterocycles. The van der Waals surface area contributed by atoms with Crippen LogP contribution in [-0.4, -0.2) is 145 Å². The molecule has 0 aliphatic carbocycles. The van der Waals surface area contributed by atoms with Gasteiger partial charge in [0.05, 0.1) is 29.6 Å². The summed E-state index contributed by atoms with van der Waals surface area (Å²) in [5.74, 6) is -0.162. The summed E-state index contributed by atoms with van der Waals surface area (Å²) >= 11 is 6.70. The number of nitrogens with zero attached hydrogens (tertiary/aromatic N) is 5. The number of carbonyl (C=O) groups is 5. The largest absolute Gasteiger partial charge is 0.506 e. The fraction of sp³-hybridized carbons (Fsp3) is 0.575. The van der Waals surface area contributed by atoms with Gasteiger partial charge in [-0.3, -0.25) is 19.3 Å². The molecule has 16 heteroatoms. The van der Waals surface area contributed by atoms with E-state index in [9.17, 15) is 29.1 Å². The number of nitrogens with one attached hydrogen (secondary N) is 1. The van der Waals surface area contributed by atoms with Crippen molar-refractivity contribution in [1.82, 2.24) is 24.5 Å². The number of amides is 5. The fourth-order valence-electron chi connectivity index (χ4n) is 7.97. The highest BCUT2D eigenvalue weighted by atomic mass is 79.9. The average molecular weight is 907 g/mol. The second-order valence-electron chi connectivity index (χ2n) is 14.8. The van der Waals surface area contributed by atoms with Crippen molar-refractivity contribution in [3.8, 4) is 5.75 Å². The summed E-state index contributed by atoms with van der Waals surface area (Å²) in [4.78, 5) is 70.4. The molecule has 0 saturated carbocycles. The molecule has 2 N–H and O–H groups in total. The van der Waals surface area contributed by atoms with Gasteiger partial charge >= 0.3 is 18.1 Å². The summed E-state index contributed by atoms with van der Waals surface area (Å²) < 4.78 is 10.6. The van der Waals surface area contributed by atoms with Crippen LogP contribution in [0.5, 0.6) is 5.75 Å². The number of urea groups is 1. The Bertz CT molecular complexity index is 1680. The van der Waals surface area contributed by atoms with Crippen LogP contribution in [0.25, 0.3) is 0 Å². The number of para-hydroxylation sites is 1. The number of aromatic hydroxyl groups is 1. The van der Waals surface area contributed by atoms with Gasteiger partial charge in [-0.1, -0.05) is 25.1 Å². The van der Waals surface area contributed by atoms with Crippen LogP contribution < -0.4 is 5.32 Å². The van der Waals surface area contributed by atoms with Gasteiger partial charge < -0.3 is 39.5 Å². The normalized spacial score (nSPS) is 18.8. The van der Waals surface area contributed by atoms with E-state index in [4.69, 9.17) is 4.74 Å². The zero-order valence-corrected chi connectivity index (χ0v) is 35.7. The molecule has 0 radical (unpaired) electrons. The van der Waals surface area contributed by atoms with Crippen molar-refractivity contribution in [1.29, 1.82) is 0 Å². The molecule has 306 valence electrons. The molecule has 1 atom stereocenters. The van der Waals surface area contributed by atoms with Gasteiger partial charge in [-0.2, -0.15) is 0 Å². The predicted octanol–water partition coefficient (Wildman–Crippen LogP) is 5.49. The van der Waals surface area contributed by atoms with Crippen LogP contribution in [0.3, 0.4) is 0 Å². The molecule has 56 heavy (non-hydrogen) atoms. The van der Waals surface area contributed by atoms with Gasteiger partial charge in [0.1, 0.15) is 5.75 Å². The van der Waals surface area contributed by atoms with E-state index in [-0.39, 0.29) is 60.5 Å². The van der Waals surface area contributed by atoms with E-state index in [1.54, 1.807) is 4.90 Å². The Hall–Kier alpha value is -3.89. The minimum absolute atomic E-state index is 0.0148. The number of ether oxygens (including phenoxy) is 2. The van der Waals surface area contributed by atoms with Gasteiger partial charge in [0.15, 0.2) is 0 Å². The summed E-state index contributed by atoms with van der Waals surface area (Å²) in [5.41, 5.74) is 3.07. The number of esters is 1. The number of fused-ring (bicyclic) bond motifs is 1. The van der Waals surface area contributed by atoms with E-state index in [1.807, 2.05) is 52.0 Å². The smallest absolute Gasteiger partial charge is 0.409 e. The Morgan fingerprint density at radius 3 is 2.04 bits per heavy atom. The number of methoxy groups -OCH3 is 2.